The number of urea groups is 1. The number of amides is 2. The Bertz CT molecular complexity index is 447. The van der Waals surface area contributed by atoms with E-state index in [0.29, 0.717) is 13.1 Å². The van der Waals surface area contributed by atoms with E-state index in [9.17, 15) is 9.70 Å². The van der Waals surface area contributed by atoms with Crippen molar-refractivity contribution < 1.29 is 4.79 Å². The summed E-state index contributed by atoms with van der Waals surface area (Å²) in [5.41, 5.74) is 7.00. The van der Waals surface area contributed by atoms with E-state index in [1.54, 1.807) is 4.90 Å². The monoisotopic (exact) mass is 263 g/mol. The van der Waals surface area contributed by atoms with E-state index in [2.05, 4.69) is 33.3 Å². The predicted molar refractivity (Wildman–Crippen MR) is 72.4 cm³/mol. The zero-order valence-corrected chi connectivity index (χ0v) is 10.7. The molecule has 1 saturated heterocycles. The average Bonchev–Trinajstić information content (AvgIpc) is 2.48. The molecule has 1 aliphatic heterocycles. The first-order valence-electron chi connectivity index (χ1n) is 6.28. The van der Waals surface area contributed by atoms with Gasteiger partial charge in [0.25, 0.3) is 0 Å². The smallest absolute Gasteiger partial charge is 0.371 e. The molecule has 7 heteroatoms. The maximum absolute atomic E-state index is 10.8. The summed E-state index contributed by atoms with van der Waals surface area (Å²) in [6.07, 6.45) is 8.51. The van der Waals surface area contributed by atoms with Gasteiger partial charge in [0.2, 0.25) is 5.96 Å². The van der Waals surface area contributed by atoms with E-state index >= 15 is 0 Å². The molecule has 0 spiro atoms. The number of guanidine groups is 1. The number of piperazine rings is 1. The minimum atomic E-state index is -1.08. The number of rotatable bonds is 1. The molecule has 1 heterocycles. The quantitative estimate of drug-likeness (QED) is 0.433. The van der Waals surface area contributed by atoms with E-state index in [-0.39, 0.29) is 5.96 Å². The first kappa shape index (κ1) is 13.3. The van der Waals surface area contributed by atoms with Crippen LogP contribution in [0.2, 0.25) is 0 Å². The molecule has 0 saturated carbocycles. The van der Waals surface area contributed by atoms with Gasteiger partial charge >= 0.3 is 6.03 Å². The van der Waals surface area contributed by atoms with Crippen LogP contribution in [0.15, 0.2) is 34.1 Å². The van der Waals surface area contributed by atoms with Crippen molar-refractivity contribution in [2.75, 3.05) is 26.2 Å². The Morgan fingerprint density at radius 3 is 2.58 bits per heavy atom. The Morgan fingerprint density at radius 2 is 2.00 bits per heavy atom. The minimum Gasteiger partial charge on any atom is -0.371 e. The highest BCUT2D eigenvalue weighted by atomic mass is 16.3. The normalized spacial score (nSPS) is 20.2. The van der Waals surface area contributed by atoms with E-state index in [4.69, 9.17) is 5.73 Å². The van der Waals surface area contributed by atoms with Gasteiger partial charge in [0, 0.05) is 37.1 Å². The molecular formula is C12H17N5O2. The van der Waals surface area contributed by atoms with Gasteiger partial charge in [-0.2, -0.15) is 4.99 Å². The zero-order valence-electron chi connectivity index (χ0n) is 10.7. The summed E-state index contributed by atoms with van der Waals surface area (Å²) >= 11 is 0. The number of carbonyl (C=O) groups excluding carboxylic acids is 1. The fraction of sp³-hybridized carbons (Fsp3) is 0.500. The van der Waals surface area contributed by atoms with Gasteiger partial charge in [0.05, 0.1) is 0 Å². The van der Waals surface area contributed by atoms with Crippen LogP contribution in [0.25, 0.3) is 0 Å². The molecule has 102 valence electrons. The molecule has 0 radical (unpaired) electrons. The van der Waals surface area contributed by atoms with Crippen molar-refractivity contribution in [2.45, 2.75) is 12.8 Å². The van der Waals surface area contributed by atoms with Gasteiger partial charge in [-0.05, 0) is 18.9 Å². The Kier molecular flexibility index (Phi) is 4.27. The fourth-order valence-corrected chi connectivity index (χ4v) is 2.27. The molecule has 0 unspecified atom stereocenters. The standard InChI is InChI=1S/C12H17N5O2/c13-11(14-12(18)15-19)17-8-6-16(7-9-17)10-4-2-1-3-5-10/h1-2,4H,3,5-9H2,(H2,13,14,18). The second-order valence-corrected chi connectivity index (χ2v) is 4.44. The van der Waals surface area contributed by atoms with Crippen LogP contribution >= 0.6 is 0 Å². The first-order valence-corrected chi connectivity index (χ1v) is 6.28. The number of hydrogen-bond donors (Lipinski definition) is 1. The van der Waals surface area contributed by atoms with Crippen LogP contribution in [0.3, 0.4) is 0 Å². The lowest BCUT2D eigenvalue weighted by Crippen LogP contribution is -2.50. The van der Waals surface area contributed by atoms with Gasteiger partial charge in [-0.3, -0.25) is 0 Å². The third kappa shape index (κ3) is 3.40. The minimum absolute atomic E-state index is 0.0711. The predicted octanol–water partition coefficient (Wildman–Crippen LogP) is 1.04. The highest BCUT2D eigenvalue weighted by Crippen LogP contribution is 2.18. The van der Waals surface area contributed by atoms with E-state index in [1.165, 1.54) is 5.70 Å². The molecule has 1 aliphatic carbocycles. The molecule has 0 atom stereocenters. The fourth-order valence-electron chi connectivity index (χ4n) is 2.27. The highest BCUT2D eigenvalue weighted by molar-refractivity contribution is 5.91. The van der Waals surface area contributed by atoms with Gasteiger partial charge in [0.1, 0.15) is 0 Å². The van der Waals surface area contributed by atoms with Crippen molar-refractivity contribution in [3.8, 4) is 0 Å². The second-order valence-electron chi connectivity index (χ2n) is 4.44. The largest absolute Gasteiger partial charge is 0.407 e. The van der Waals surface area contributed by atoms with Crippen LogP contribution in [0.5, 0.6) is 0 Å². The summed E-state index contributed by atoms with van der Waals surface area (Å²) in [6.45, 7) is 3.03. The summed E-state index contributed by atoms with van der Waals surface area (Å²) < 4.78 is 0. The molecule has 7 nitrogen and oxygen atoms in total. The number of nitroso groups, excluding NO2 is 1. The number of nitrogens with two attached hydrogens (primary N) is 1. The molecule has 0 aromatic rings. The summed E-state index contributed by atoms with van der Waals surface area (Å²) in [5, 5.41) is 2.20. The summed E-state index contributed by atoms with van der Waals surface area (Å²) in [4.78, 5) is 28.3. The highest BCUT2D eigenvalue weighted by Gasteiger charge is 2.20. The van der Waals surface area contributed by atoms with E-state index < -0.39 is 6.03 Å². The maximum Gasteiger partial charge on any atom is 0.407 e. The molecule has 0 bridgehead atoms. The molecule has 19 heavy (non-hydrogen) atoms. The third-order valence-corrected chi connectivity index (χ3v) is 3.29. The third-order valence-electron chi connectivity index (χ3n) is 3.29. The SMILES string of the molecule is NC(=NC(=O)N=O)N1CCN(C2=CC=CCC2)CC1. The molecule has 0 aromatic heterocycles. The molecule has 2 rings (SSSR count). The maximum atomic E-state index is 10.8. The lowest BCUT2D eigenvalue weighted by Gasteiger charge is -2.38. The Morgan fingerprint density at radius 1 is 1.26 bits per heavy atom. The summed E-state index contributed by atoms with van der Waals surface area (Å²) in [6, 6.07) is -1.08. The van der Waals surface area contributed by atoms with Crippen LogP contribution < -0.4 is 5.73 Å². The van der Waals surface area contributed by atoms with Crippen LogP contribution in [-0.2, 0) is 0 Å². The van der Waals surface area contributed by atoms with Crippen molar-refractivity contribution in [1.82, 2.24) is 9.80 Å². The van der Waals surface area contributed by atoms with Crippen molar-refractivity contribution in [3.05, 3.63) is 28.8 Å². The van der Waals surface area contributed by atoms with Crippen molar-refractivity contribution in [2.24, 2.45) is 15.9 Å². The number of aliphatic imine (C=N–C) groups is 1. The van der Waals surface area contributed by atoms with Gasteiger partial charge in [-0.25, -0.2) is 4.79 Å². The van der Waals surface area contributed by atoms with Crippen LogP contribution in [0.1, 0.15) is 12.8 Å². The Labute approximate surface area is 111 Å². The molecule has 2 amide bonds. The number of allylic oxidation sites excluding steroid dienone is 4. The lowest BCUT2D eigenvalue weighted by atomic mass is 10.1. The van der Waals surface area contributed by atoms with Crippen LogP contribution in [0, 0.1) is 4.91 Å². The van der Waals surface area contributed by atoms with Gasteiger partial charge < -0.3 is 15.5 Å². The van der Waals surface area contributed by atoms with E-state index in [0.717, 1.165) is 25.9 Å². The molecule has 2 N–H and O–H groups in total. The Balaban J connectivity index is 1.90. The number of hydrogen-bond acceptors (Lipinski definition) is 3. The summed E-state index contributed by atoms with van der Waals surface area (Å²) in [5.74, 6) is 0.0711. The van der Waals surface area contributed by atoms with Crippen molar-refractivity contribution >= 4 is 12.0 Å². The average molecular weight is 263 g/mol. The van der Waals surface area contributed by atoms with Crippen molar-refractivity contribution in [3.63, 3.8) is 0 Å². The van der Waals surface area contributed by atoms with Gasteiger partial charge in [0.15, 0.2) is 0 Å². The lowest BCUT2D eigenvalue weighted by molar-refractivity contribution is 0.214. The number of carbonyl (C=O) groups is 1. The zero-order chi connectivity index (χ0) is 13.7. The molecule has 0 aromatic carbocycles. The van der Waals surface area contributed by atoms with Gasteiger partial charge in [-0.1, -0.05) is 12.2 Å². The second kappa shape index (κ2) is 6.12. The molecule has 1 fully saturated rings. The topological polar surface area (TPSA) is 91.4 Å². The van der Waals surface area contributed by atoms with E-state index in [1.807, 2.05) is 0 Å². The van der Waals surface area contributed by atoms with Crippen LogP contribution in [0.4, 0.5) is 4.79 Å². The van der Waals surface area contributed by atoms with Crippen molar-refractivity contribution in [1.29, 1.82) is 0 Å². The first-order chi connectivity index (χ1) is 9.20. The molecular weight excluding hydrogens is 246 g/mol. The van der Waals surface area contributed by atoms with Crippen LogP contribution in [-0.4, -0.2) is 48.0 Å². The Hall–Kier alpha value is -2.18. The summed E-state index contributed by atoms with van der Waals surface area (Å²) in [7, 11) is 0. The molecule has 2 aliphatic rings. The number of nitrogens with zero attached hydrogens (tertiary/aromatic N) is 4. The van der Waals surface area contributed by atoms with Gasteiger partial charge in [-0.15, -0.1) is 4.91 Å².